The van der Waals surface area contributed by atoms with Crippen molar-refractivity contribution in [3.8, 4) is 0 Å². The summed E-state index contributed by atoms with van der Waals surface area (Å²) >= 11 is 0. The second kappa shape index (κ2) is 11.2. The second-order valence-electron chi connectivity index (χ2n) is 6.72. The maximum absolute atomic E-state index is 4.46. The normalized spacial score (nSPS) is 15.6. The van der Waals surface area contributed by atoms with E-state index >= 15 is 0 Å². The van der Waals surface area contributed by atoms with E-state index in [2.05, 4.69) is 50.6 Å². The van der Waals surface area contributed by atoms with Crippen molar-refractivity contribution in [1.82, 2.24) is 20.0 Å². The van der Waals surface area contributed by atoms with Gasteiger partial charge in [0, 0.05) is 45.6 Å². The summed E-state index contributed by atoms with van der Waals surface area (Å²) in [7, 11) is 1.88. The number of hydrogen-bond donors (Lipinski definition) is 1. The third-order valence-corrected chi connectivity index (χ3v) is 4.90. The number of nitrogens with zero attached hydrogens (tertiary/aromatic N) is 4. The lowest BCUT2D eigenvalue weighted by atomic mass is 9.90. The van der Waals surface area contributed by atoms with Gasteiger partial charge in [-0.15, -0.1) is 24.0 Å². The summed E-state index contributed by atoms with van der Waals surface area (Å²) < 4.78 is 1.97. The van der Waals surface area contributed by atoms with Crippen LogP contribution in [0.2, 0.25) is 0 Å². The van der Waals surface area contributed by atoms with Gasteiger partial charge < -0.3 is 10.2 Å². The number of benzene rings is 1. The maximum atomic E-state index is 4.46. The average molecular weight is 467 g/mol. The number of aromatic nitrogens is 2. The minimum absolute atomic E-state index is 0. The van der Waals surface area contributed by atoms with Crippen LogP contribution in [0, 0.1) is 5.92 Å². The van der Waals surface area contributed by atoms with Crippen LogP contribution in [0.5, 0.6) is 0 Å². The van der Waals surface area contributed by atoms with E-state index in [9.17, 15) is 0 Å². The fourth-order valence-corrected chi connectivity index (χ4v) is 3.50. The van der Waals surface area contributed by atoms with Gasteiger partial charge in [-0.1, -0.05) is 30.3 Å². The van der Waals surface area contributed by atoms with Crippen LogP contribution in [-0.2, 0) is 13.0 Å². The van der Waals surface area contributed by atoms with Gasteiger partial charge in [0.25, 0.3) is 0 Å². The second-order valence-corrected chi connectivity index (χ2v) is 6.72. The van der Waals surface area contributed by atoms with Gasteiger partial charge in [0.05, 0.1) is 0 Å². The molecule has 1 fully saturated rings. The number of aliphatic imine (C=N–C) groups is 1. The van der Waals surface area contributed by atoms with Gasteiger partial charge in [0.15, 0.2) is 5.96 Å². The average Bonchev–Trinajstić information content (AvgIpc) is 3.17. The molecule has 3 rings (SSSR count). The Hall–Kier alpha value is -1.57. The Morgan fingerprint density at radius 2 is 1.96 bits per heavy atom. The molecule has 0 bridgehead atoms. The van der Waals surface area contributed by atoms with Crippen molar-refractivity contribution >= 4 is 29.9 Å². The summed E-state index contributed by atoms with van der Waals surface area (Å²) in [5, 5.41) is 7.73. The van der Waals surface area contributed by atoms with Crippen molar-refractivity contribution in [2.24, 2.45) is 10.9 Å². The molecule has 1 aromatic carbocycles. The molecule has 1 aliphatic heterocycles. The van der Waals surface area contributed by atoms with Gasteiger partial charge in [0.2, 0.25) is 0 Å². The van der Waals surface area contributed by atoms with Gasteiger partial charge >= 0.3 is 0 Å². The predicted molar refractivity (Wildman–Crippen MR) is 118 cm³/mol. The van der Waals surface area contributed by atoms with Crippen molar-refractivity contribution in [2.45, 2.75) is 32.2 Å². The number of halogens is 1. The van der Waals surface area contributed by atoms with E-state index in [1.54, 1.807) is 0 Å². The number of rotatable bonds is 6. The Morgan fingerprint density at radius 3 is 2.62 bits per heavy atom. The minimum Gasteiger partial charge on any atom is -0.356 e. The van der Waals surface area contributed by atoms with E-state index in [0.717, 1.165) is 44.5 Å². The van der Waals surface area contributed by atoms with Crippen LogP contribution in [0.3, 0.4) is 0 Å². The van der Waals surface area contributed by atoms with E-state index in [-0.39, 0.29) is 24.0 Å². The van der Waals surface area contributed by atoms with Crippen molar-refractivity contribution in [3.05, 3.63) is 54.4 Å². The minimum atomic E-state index is 0. The molecular weight excluding hydrogens is 437 g/mol. The SMILES string of the molecule is CN=C(NCCCn1cccn1)N1CCC(Cc2ccccc2)CC1.I. The molecule has 1 N–H and O–H groups in total. The lowest BCUT2D eigenvalue weighted by molar-refractivity contribution is 0.259. The monoisotopic (exact) mass is 467 g/mol. The summed E-state index contributed by atoms with van der Waals surface area (Å²) in [6.45, 7) is 4.05. The molecule has 5 nitrogen and oxygen atoms in total. The van der Waals surface area contributed by atoms with E-state index in [0.29, 0.717) is 0 Å². The standard InChI is InChI=1S/C20H29N5.HI/c1-21-20(22-11-5-13-25-14-6-12-23-25)24-15-9-19(10-16-24)17-18-7-3-2-4-8-18;/h2-4,6-8,12,14,19H,5,9-11,13,15-17H2,1H3,(H,21,22);1H. The molecule has 0 aliphatic carbocycles. The van der Waals surface area contributed by atoms with Gasteiger partial charge in [-0.3, -0.25) is 9.67 Å². The molecule has 0 radical (unpaired) electrons. The molecule has 1 aromatic heterocycles. The fourth-order valence-electron chi connectivity index (χ4n) is 3.50. The molecule has 0 amide bonds. The topological polar surface area (TPSA) is 45.5 Å². The van der Waals surface area contributed by atoms with Gasteiger partial charge in [-0.05, 0) is 43.2 Å². The van der Waals surface area contributed by atoms with Gasteiger partial charge in [0.1, 0.15) is 0 Å². The van der Waals surface area contributed by atoms with Crippen LogP contribution in [0.4, 0.5) is 0 Å². The summed E-state index contributed by atoms with van der Waals surface area (Å²) in [5.74, 6) is 1.83. The lowest BCUT2D eigenvalue weighted by Gasteiger charge is -2.34. The molecule has 0 unspecified atom stereocenters. The summed E-state index contributed by atoms with van der Waals surface area (Å²) in [6, 6.07) is 12.8. The Balaban J connectivity index is 0.00000243. The largest absolute Gasteiger partial charge is 0.356 e. The molecule has 1 aliphatic rings. The molecule has 0 spiro atoms. The van der Waals surface area contributed by atoms with E-state index in [4.69, 9.17) is 0 Å². The zero-order chi connectivity index (χ0) is 17.3. The van der Waals surface area contributed by atoms with Crippen LogP contribution in [0.15, 0.2) is 53.8 Å². The first-order valence-corrected chi connectivity index (χ1v) is 9.32. The zero-order valence-electron chi connectivity index (χ0n) is 15.6. The molecular formula is C20H30IN5. The number of hydrogen-bond acceptors (Lipinski definition) is 2. The maximum Gasteiger partial charge on any atom is 0.193 e. The molecule has 0 saturated carbocycles. The molecule has 142 valence electrons. The number of nitrogens with one attached hydrogen (secondary N) is 1. The van der Waals surface area contributed by atoms with Gasteiger partial charge in [-0.2, -0.15) is 5.10 Å². The lowest BCUT2D eigenvalue weighted by Crippen LogP contribution is -2.46. The number of likely N-dealkylation sites (tertiary alicyclic amines) is 1. The Bertz CT molecular complexity index is 633. The summed E-state index contributed by atoms with van der Waals surface area (Å²) in [6.07, 6.45) is 8.56. The van der Waals surface area contributed by atoms with Crippen molar-refractivity contribution in [3.63, 3.8) is 0 Å². The highest BCUT2D eigenvalue weighted by molar-refractivity contribution is 14.0. The summed E-state index contributed by atoms with van der Waals surface area (Å²) in [4.78, 5) is 6.86. The Kier molecular flexibility index (Phi) is 8.94. The van der Waals surface area contributed by atoms with Crippen LogP contribution in [-0.4, -0.2) is 47.3 Å². The quantitative estimate of drug-likeness (QED) is 0.307. The van der Waals surface area contributed by atoms with Crippen LogP contribution in [0.1, 0.15) is 24.8 Å². The first kappa shape index (κ1) is 20.7. The van der Waals surface area contributed by atoms with Crippen molar-refractivity contribution in [2.75, 3.05) is 26.7 Å². The first-order chi connectivity index (χ1) is 12.3. The zero-order valence-corrected chi connectivity index (χ0v) is 17.9. The third kappa shape index (κ3) is 6.30. The van der Waals surface area contributed by atoms with E-state index in [1.165, 1.54) is 24.8 Å². The predicted octanol–water partition coefficient (Wildman–Crippen LogP) is 3.42. The summed E-state index contributed by atoms with van der Waals surface area (Å²) in [5.41, 5.74) is 1.46. The van der Waals surface area contributed by atoms with Crippen LogP contribution in [0.25, 0.3) is 0 Å². The van der Waals surface area contributed by atoms with E-state index in [1.807, 2.05) is 30.2 Å². The Morgan fingerprint density at radius 1 is 1.19 bits per heavy atom. The highest BCUT2D eigenvalue weighted by Gasteiger charge is 2.21. The highest BCUT2D eigenvalue weighted by Crippen LogP contribution is 2.21. The fraction of sp³-hybridized carbons (Fsp3) is 0.500. The number of aryl methyl sites for hydroxylation is 1. The smallest absolute Gasteiger partial charge is 0.193 e. The van der Waals surface area contributed by atoms with Gasteiger partial charge in [-0.25, -0.2) is 0 Å². The number of piperidine rings is 1. The molecule has 1 saturated heterocycles. The molecule has 0 atom stereocenters. The molecule has 26 heavy (non-hydrogen) atoms. The molecule has 2 aromatic rings. The first-order valence-electron chi connectivity index (χ1n) is 9.32. The van der Waals surface area contributed by atoms with Crippen molar-refractivity contribution < 1.29 is 0 Å². The van der Waals surface area contributed by atoms with Crippen molar-refractivity contribution in [1.29, 1.82) is 0 Å². The Labute approximate surface area is 173 Å². The highest BCUT2D eigenvalue weighted by atomic mass is 127. The third-order valence-electron chi connectivity index (χ3n) is 4.90. The van der Waals surface area contributed by atoms with Crippen LogP contribution >= 0.6 is 24.0 Å². The molecule has 6 heteroatoms. The van der Waals surface area contributed by atoms with E-state index < -0.39 is 0 Å². The van der Waals surface area contributed by atoms with Crippen LogP contribution < -0.4 is 5.32 Å². The number of guanidine groups is 1. The molecule has 2 heterocycles.